The van der Waals surface area contributed by atoms with Gasteiger partial charge in [0.25, 0.3) is 6.17 Å². The second kappa shape index (κ2) is 3.43. The molecule has 17 heavy (non-hydrogen) atoms. The highest BCUT2D eigenvalue weighted by atomic mass is 19.1. The topological polar surface area (TPSA) is 63.6 Å². The molecule has 0 amide bonds. The van der Waals surface area contributed by atoms with Crippen LogP contribution in [0.25, 0.3) is 0 Å². The number of rotatable bonds is 3. The fraction of sp³-hybridized carbons (Fsp3) is 0.833. The number of carboxylic acids is 1. The third-order valence-electron chi connectivity index (χ3n) is 4.64. The summed E-state index contributed by atoms with van der Waals surface area (Å²) in [6.45, 7) is 0. The van der Waals surface area contributed by atoms with E-state index in [1.165, 1.54) is 6.42 Å². The van der Waals surface area contributed by atoms with E-state index in [0.29, 0.717) is 17.8 Å². The van der Waals surface area contributed by atoms with Crippen molar-refractivity contribution in [3.8, 4) is 0 Å². The third kappa shape index (κ3) is 1.55. The smallest absolute Gasteiger partial charge is 0.353 e. The summed E-state index contributed by atoms with van der Waals surface area (Å²) in [6, 6.07) is 0. The Labute approximate surface area is 98.1 Å². The van der Waals surface area contributed by atoms with Crippen molar-refractivity contribution in [2.75, 3.05) is 0 Å². The molecule has 3 unspecified atom stereocenters. The first-order valence-electron chi connectivity index (χ1n) is 6.10. The molecule has 1 N–H and O–H groups in total. The first kappa shape index (κ1) is 11.0. The van der Waals surface area contributed by atoms with E-state index < -0.39 is 23.7 Å². The van der Waals surface area contributed by atoms with Gasteiger partial charge in [-0.05, 0) is 49.9 Å². The van der Waals surface area contributed by atoms with Crippen molar-refractivity contribution in [1.29, 1.82) is 0 Å². The predicted octanol–water partition coefficient (Wildman–Crippen LogP) is 1.53. The predicted molar refractivity (Wildman–Crippen MR) is 54.9 cm³/mol. The lowest BCUT2D eigenvalue weighted by molar-refractivity contribution is -0.174. The van der Waals surface area contributed by atoms with Gasteiger partial charge in [0, 0.05) is 0 Å². The van der Waals surface area contributed by atoms with Gasteiger partial charge in [0.2, 0.25) is 0 Å². The van der Waals surface area contributed by atoms with Crippen molar-refractivity contribution in [3.63, 3.8) is 0 Å². The van der Waals surface area contributed by atoms with Gasteiger partial charge in [-0.15, -0.1) is 0 Å². The van der Waals surface area contributed by atoms with E-state index in [-0.39, 0.29) is 0 Å². The standard InChI is InChI=1S/C12H15FO4/c13-9(10(14)15)11(16)17-12-4-6-1-7(5-12)3-8(12)2-6/h6-9H,1-5H2,(H,14,15). The van der Waals surface area contributed by atoms with Crippen molar-refractivity contribution in [1.82, 2.24) is 0 Å². The molecular weight excluding hydrogens is 227 g/mol. The summed E-state index contributed by atoms with van der Waals surface area (Å²) in [7, 11) is 0. The van der Waals surface area contributed by atoms with Crippen LogP contribution in [0.15, 0.2) is 0 Å². The van der Waals surface area contributed by atoms with Gasteiger partial charge < -0.3 is 9.84 Å². The number of aliphatic carboxylic acids is 1. The molecule has 0 aromatic rings. The molecule has 4 fully saturated rings. The molecule has 3 atom stereocenters. The normalized spacial score (nSPS) is 43.7. The van der Waals surface area contributed by atoms with E-state index >= 15 is 0 Å². The average Bonchev–Trinajstić information content (AvgIpc) is 2.61. The first-order valence-corrected chi connectivity index (χ1v) is 6.10. The minimum Gasteiger partial charge on any atom is -0.479 e. The number of ether oxygens (including phenoxy) is 1. The van der Waals surface area contributed by atoms with E-state index in [4.69, 9.17) is 9.84 Å². The maximum atomic E-state index is 13.1. The molecular formula is C12H15FO4. The molecule has 4 rings (SSSR count). The zero-order valence-corrected chi connectivity index (χ0v) is 9.39. The number of carbonyl (C=O) groups excluding carboxylic acids is 1. The number of hydrogen-bond donors (Lipinski definition) is 1. The Bertz CT molecular complexity index is 367. The van der Waals surface area contributed by atoms with Gasteiger partial charge in [-0.3, -0.25) is 0 Å². The average molecular weight is 242 g/mol. The maximum Gasteiger partial charge on any atom is 0.353 e. The van der Waals surface area contributed by atoms with Crippen LogP contribution in [0.2, 0.25) is 0 Å². The van der Waals surface area contributed by atoms with Crippen LogP contribution in [0.1, 0.15) is 32.1 Å². The number of alkyl halides is 1. The van der Waals surface area contributed by atoms with Crippen molar-refractivity contribution >= 4 is 11.9 Å². The summed E-state index contributed by atoms with van der Waals surface area (Å²) in [5.74, 6) is -1.47. The summed E-state index contributed by atoms with van der Waals surface area (Å²) < 4.78 is 18.3. The van der Waals surface area contributed by atoms with Crippen LogP contribution < -0.4 is 0 Å². The van der Waals surface area contributed by atoms with Gasteiger partial charge in [0.05, 0.1) is 0 Å². The van der Waals surface area contributed by atoms with Crippen LogP contribution in [0.3, 0.4) is 0 Å². The number of carboxylic acid groups (broad SMARTS) is 1. The van der Waals surface area contributed by atoms with Crippen molar-refractivity contribution in [3.05, 3.63) is 0 Å². The molecule has 4 bridgehead atoms. The zero-order valence-electron chi connectivity index (χ0n) is 9.39. The van der Waals surface area contributed by atoms with Crippen LogP contribution in [0, 0.1) is 17.8 Å². The van der Waals surface area contributed by atoms with Gasteiger partial charge in [-0.25, -0.2) is 14.0 Å². The molecule has 4 aliphatic carbocycles. The lowest BCUT2D eigenvalue weighted by Crippen LogP contribution is -2.40. The van der Waals surface area contributed by atoms with Gasteiger partial charge in [-0.2, -0.15) is 0 Å². The molecule has 0 spiro atoms. The molecule has 0 heterocycles. The molecule has 0 aromatic heterocycles. The summed E-state index contributed by atoms with van der Waals surface area (Å²) in [4.78, 5) is 21.8. The molecule has 0 saturated heterocycles. The molecule has 5 heteroatoms. The van der Waals surface area contributed by atoms with Crippen LogP contribution in [0.4, 0.5) is 4.39 Å². The highest BCUT2D eigenvalue weighted by Gasteiger charge is 2.60. The summed E-state index contributed by atoms with van der Waals surface area (Å²) in [6.07, 6.45) is 2.34. The van der Waals surface area contributed by atoms with Crippen LogP contribution >= 0.6 is 0 Å². The Kier molecular flexibility index (Phi) is 2.22. The maximum absolute atomic E-state index is 13.1. The molecule has 0 radical (unpaired) electrons. The van der Waals surface area contributed by atoms with E-state index in [1.807, 2.05) is 0 Å². The number of hydrogen-bond acceptors (Lipinski definition) is 3. The van der Waals surface area contributed by atoms with Gasteiger partial charge >= 0.3 is 11.9 Å². The monoisotopic (exact) mass is 242 g/mol. The van der Waals surface area contributed by atoms with Crippen LogP contribution in [0.5, 0.6) is 0 Å². The van der Waals surface area contributed by atoms with Crippen molar-refractivity contribution in [2.45, 2.75) is 43.9 Å². The lowest BCUT2D eigenvalue weighted by Gasteiger charge is -2.32. The Hall–Kier alpha value is -1.13. The van der Waals surface area contributed by atoms with E-state index in [2.05, 4.69) is 0 Å². The summed E-state index contributed by atoms with van der Waals surface area (Å²) in [5.41, 5.74) is -0.537. The Morgan fingerprint density at radius 1 is 1.24 bits per heavy atom. The van der Waals surface area contributed by atoms with Crippen molar-refractivity contribution in [2.24, 2.45) is 17.8 Å². The van der Waals surface area contributed by atoms with Gasteiger partial charge in [0.15, 0.2) is 0 Å². The lowest BCUT2D eigenvalue weighted by atomic mass is 9.81. The molecule has 94 valence electrons. The molecule has 4 saturated carbocycles. The second-order valence-electron chi connectivity index (χ2n) is 5.73. The van der Waals surface area contributed by atoms with Crippen molar-refractivity contribution < 1.29 is 23.8 Å². The van der Waals surface area contributed by atoms with Gasteiger partial charge in [0.1, 0.15) is 5.60 Å². The Morgan fingerprint density at radius 3 is 2.35 bits per heavy atom. The Morgan fingerprint density at radius 2 is 1.82 bits per heavy atom. The van der Waals surface area contributed by atoms with Crippen LogP contribution in [-0.2, 0) is 14.3 Å². The zero-order chi connectivity index (χ0) is 12.2. The number of halogens is 1. The number of carbonyl (C=O) groups is 2. The molecule has 4 aliphatic rings. The largest absolute Gasteiger partial charge is 0.479 e. The third-order valence-corrected chi connectivity index (χ3v) is 4.64. The second-order valence-corrected chi connectivity index (χ2v) is 5.73. The first-order chi connectivity index (χ1) is 8.00. The minimum absolute atomic E-state index is 0.330. The quantitative estimate of drug-likeness (QED) is 0.602. The number of esters is 1. The molecule has 4 nitrogen and oxygen atoms in total. The minimum atomic E-state index is -2.54. The fourth-order valence-electron chi connectivity index (χ4n) is 4.24. The molecule has 0 aliphatic heterocycles. The molecule has 0 aromatic carbocycles. The van der Waals surface area contributed by atoms with E-state index in [0.717, 1.165) is 25.7 Å². The van der Waals surface area contributed by atoms with Gasteiger partial charge in [-0.1, -0.05) is 0 Å². The SMILES string of the molecule is O=C(O)C(F)C(=O)OC12CC3CC(CC1C3)C2. The summed E-state index contributed by atoms with van der Waals surface area (Å²) in [5, 5.41) is 8.45. The van der Waals surface area contributed by atoms with Crippen LogP contribution in [-0.4, -0.2) is 28.8 Å². The Balaban J connectivity index is 1.74. The highest BCUT2D eigenvalue weighted by Crippen LogP contribution is 2.62. The highest BCUT2D eigenvalue weighted by molar-refractivity contribution is 5.97. The van der Waals surface area contributed by atoms with E-state index in [9.17, 15) is 14.0 Å². The summed E-state index contributed by atoms with van der Waals surface area (Å²) >= 11 is 0. The van der Waals surface area contributed by atoms with E-state index in [1.54, 1.807) is 0 Å². The fourth-order valence-corrected chi connectivity index (χ4v) is 4.24.